The van der Waals surface area contributed by atoms with Crippen molar-refractivity contribution in [3.63, 3.8) is 0 Å². The molecule has 1 aromatic heterocycles. The van der Waals surface area contributed by atoms with Gasteiger partial charge in [-0.1, -0.05) is 0 Å². The van der Waals surface area contributed by atoms with Gasteiger partial charge < -0.3 is 10.2 Å². The van der Waals surface area contributed by atoms with Crippen molar-refractivity contribution < 1.29 is 23.2 Å². The van der Waals surface area contributed by atoms with E-state index >= 15 is 0 Å². The van der Waals surface area contributed by atoms with Gasteiger partial charge >= 0.3 is 0 Å². The van der Waals surface area contributed by atoms with Crippen molar-refractivity contribution in [3.8, 4) is 11.8 Å². The molecular weight excluding hydrogens is 294 g/mol. The molecule has 4 aliphatic rings. The fourth-order valence-corrected chi connectivity index (χ4v) is 6.04. The molecule has 7 heteroatoms. The number of aromatic hydroxyl groups is 2. The molecule has 0 radical (unpaired) electrons. The van der Waals surface area contributed by atoms with Crippen molar-refractivity contribution in [1.82, 2.24) is 4.57 Å². The zero-order valence-corrected chi connectivity index (χ0v) is 12.4. The van der Waals surface area contributed by atoms with Crippen molar-refractivity contribution in [3.05, 3.63) is 6.07 Å². The van der Waals surface area contributed by atoms with Crippen LogP contribution in [0.25, 0.3) is 0 Å². The molecule has 21 heavy (non-hydrogen) atoms. The van der Waals surface area contributed by atoms with E-state index in [1.807, 2.05) is 0 Å². The second-order valence-electron chi connectivity index (χ2n) is 7.14. The highest BCUT2D eigenvalue weighted by Crippen LogP contribution is 2.60. The quantitative estimate of drug-likeness (QED) is 0.726. The molecule has 0 aliphatic heterocycles. The summed E-state index contributed by atoms with van der Waals surface area (Å²) in [6.45, 7) is 0. The molecule has 4 saturated carbocycles. The number of nitrogens with zero attached hydrogens (tertiary/aromatic N) is 1. The van der Waals surface area contributed by atoms with E-state index < -0.39 is 26.4 Å². The lowest BCUT2D eigenvalue weighted by Crippen LogP contribution is -2.51. The molecule has 0 unspecified atom stereocenters. The van der Waals surface area contributed by atoms with E-state index in [4.69, 9.17) is 0 Å². The first-order chi connectivity index (χ1) is 9.78. The molecule has 5 rings (SSSR count). The van der Waals surface area contributed by atoms with Crippen LogP contribution in [0.5, 0.6) is 11.8 Å². The van der Waals surface area contributed by atoms with E-state index in [0.717, 1.165) is 25.3 Å². The smallest absolute Gasteiger partial charge is 0.300 e. The Morgan fingerprint density at radius 1 is 1.05 bits per heavy atom. The van der Waals surface area contributed by atoms with Crippen LogP contribution >= 0.6 is 0 Å². The Bertz CT molecular complexity index is 670. The third-order valence-corrected chi connectivity index (χ3v) is 6.54. The van der Waals surface area contributed by atoms with Gasteiger partial charge in [-0.3, -0.25) is 9.12 Å². The molecule has 0 aromatic carbocycles. The minimum absolute atomic E-state index is 0.276. The van der Waals surface area contributed by atoms with E-state index in [1.54, 1.807) is 0 Å². The molecule has 116 valence electrons. The first-order valence-corrected chi connectivity index (χ1v) is 8.84. The predicted octanol–water partition coefficient (Wildman–Crippen LogP) is 2.07. The van der Waals surface area contributed by atoms with Crippen molar-refractivity contribution in [1.29, 1.82) is 0 Å². The number of hydrogen-bond donors (Lipinski definition) is 3. The number of hydrogen-bond acceptors (Lipinski definition) is 4. The molecule has 0 atom stereocenters. The van der Waals surface area contributed by atoms with Crippen molar-refractivity contribution >= 4 is 10.1 Å². The molecule has 0 amide bonds. The number of aromatic nitrogens is 1. The Balaban J connectivity index is 1.86. The van der Waals surface area contributed by atoms with Crippen LogP contribution in [-0.2, 0) is 15.7 Å². The summed E-state index contributed by atoms with van der Waals surface area (Å²) in [5, 5.41) is 20.4. The van der Waals surface area contributed by atoms with Gasteiger partial charge in [0.05, 0.1) is 5.54 Å². The van der Waals surface area contributed by atoms with E-state index in [9.17, 15) is 23.2 Å². The van der Waals surface area contributed by atoms with Crippen LogP contribution in [0.3, 0.4) is 0 Å². The summed E-state index contributed by atoms with van der Waals surface area (Å²) in [6.07, 6.45) is 6.19. The first-order valence-electron chi connectivity index (χ1n) is 7.40. The van der Waals surface area contributed by atoms with Crippen LogP contribution in [0, 0.1) is 17.8 Å². The van der Waals surface area contributed by atoms with Gasteiger partial charge in [-0.15, -0.1) is 0 Å². The lowest BCUT2D eigenvalue weighted by Gasteiger charge is -2.57. The SMILES string of the molecule is O=S(=O)(O)c1cc(O)n(C23CC4CC(CC(C4)C2)C3)c1O. The maximum absolute atomic E-state index is 11.3. The van der Waals surface area contributed by atoms with Crippen LogP contribution < -0.4 is 0 Å². The zero-order valence-electron chi connectivity index (χ0n) is 11.6. The highest BCUT2D eigenvalue weighted by molar-refractivity contribution is 7.86. The molecular formula is C14H19NO5S. The summed E-state index contributed by atoms with van der Waals surface area (Å²) in [5.74, 6) is 0.962. The minimum atomic E-state index is -4.54. The Labute approximate surface area is 123 Å². The molecule has 1 heterocycles. The minimum Gasteiger partial charge on any atom is -0.494 e. The average molecular weight is 313 g/mol. The maximum atomic E-state index is 11.3. The Kier molecular flexibility index (Phi) is 2.53. The normalized spacial score (nSPS) is 38.0. The topological polar surface area (TPSA) is 99.8 Å². The molecule has 0 saturated heterocycles. The Morgan fingerprint density at radius 3 is 1.90 bits per heavy atom. The lowest BCUT2D eigenvalue weighted by atomic mass is 9.53. The van der Waals surface area contributed by atoms with Crippen LogP contribution in [0.15, 0.2) is 11.0 Å². The van der Waals surface area contributed by atoms with Crippen LogP contribution in [0.4, 0.5) is 0 Å². The zero-order chi connectivity index (χ0) is 15.0. The van der Waals surface area contributed by atoms with E-state index in [-0.39, 0.29) is 5.88 Å². The molecule has 1 aromatic rings. The standard InChI is InChI=1S/C14H19NO5S/c16-12-4-11(21(18,19)20)13(17)15(12)14-5-8-1-9(6-14)3-10(2-8)7-14/h4,8-10,16-17H,1-3,5-7H2,(H,18,19,20). The van der Waals surface area contributed by atoms with Crippen molar-refractivity contribution in [2.24, 2.45) is 17.8 Å². The summed E-state index contributed by atoms with van der Waals surface area (Å²) in [4.78, 5) is -0.601. The van der Waals surface area contributed by atoms with Crippen LogP contribution in [0.2, 0.25) is 0 Å². The maximum Gasteiger partial charge on any atom is 0.300 e. The summed E-state index contributed by atoms with van der Waals surface area (Å²) in [5.41, 5.74) is -0.397. The Morgan fingerprint density at radius 2 is 1.52 bits per heavy atom. The van der Waals surface area contributed by atoms with Gasteiger partial charge in [-0.2, -0.15) is 8.42 Å². The van der Waals surface area contributed by atoms with Crippen LogP contribution in [0.1, 0.15) is 38.5 Å². The molecule has 0 spiro atoms. The van der Waals surface area contributed by atoms with E-state index in [0.29, 0.717) is 17.8 Å². The second-order valence-corrected chi connectivity index (χ2v) is 8.53. The van der Waals surface area contributed by atoms with Gasteiger partial charge in [0.15, 0.2) is 10.8 Å². The fourth-order valence-electron chi connectivity index (χ4n) is 5.46. The third-order valence-electron chi connectivity index (χ3n) is 5.68. The van der Waals surface area contributed by atoms with Gasteiger partial charge in [0.2, 0.25) is 5.88 Å². The highest BCUT2D eigenvalue weighted by Gasteiger charge is 2.53. The summed E-state index contributed by atoms with van der Waals surface area (Å²) >= 11 is 0. The van der Waals surface area contributed by atoms with Gasteiger partial charge in [0, 0.05) is 6.07 Å². The van der Waals surface area contributed by atoms with Gasteiger partial charge in [0.1, 0.15) is 0 Å². The van der Waals surface area contributed by atoms with Gasteiger partial charge in [-0.05, 0) is 56.3 Å². The highest BCUT2D eigenvalue weighted by atomic mass is 32.2. The molecule has 4 bridgehead atoms. The van der Waals surface area contributed by atoms with Crippen molar-refractivity contribution in [2.75, 3.05) is 0 Å². The van der Waals surface area contributed by atoms with Gasteiger partial charge in [0.25, 0.3) is 10.1 Å². The van der Waals surface area contributed by atoms with E-state index in [2.05, 4.69) is 0 Å². The number of rotatable bonds is 2. The first kappa shape index (κ1) is 13.5. The molecule has 3 N–H and O–H groups in total. The lowest BCUT2D eigenvalue weighted by molar-refractivity contribution is -0.0487. The monoisotopic (exact) mass is 313 g/mol. The van der Waals surface area contributed by atoms with Crippen LogP contribution in [-0.4, -0.2) is 27.8 Å². The third kappa shape index (κ3) is 1.83. The largest absolute Gasteiger partial charge is 0.494 e. The fraction of sp³-hybridized carbons (Fsp3) is 0.714. The molecule has 6 nitrogen and oxygen atoms in total. The summed E-state index contributed by atoms with van der Waals surface area (Å²) in [7, 11) is -4.54. The Hall–Kier alpha value is -1.21. The summed E-state index contributed by atoms with van der Waals surface area (Å²) in [6, 6.07) is 0.948. The average Bonchev–Trinajstić information content (AvgIpc) is 2.63. The van der Waals surface area contributed by atoms with Gasteiger partial charge in [-0.25, -0.2) is 0 Å². The molecule has 4 fully saturated rings. The molecule has 4 aliphatic carbocycles. The van der Waals surface area contributed by atoms with E-state index in [1.165, 1.54) is 23.8 Å². The predicted molar refractivity (Wildman–Crippen MR) is 73.7 cm³/mol. The second kappa shape index (κ2) is 3.95. The van der Waals surface area contributed by atoms with Crippen molar-refractivity contribution in [2.45, 2.75) is 49.0 Å². The summed E-state index contributed by atoms with van der Waals surface area (Å²) < 4.78 is 33.2.